The molecule has 2 heterocycles. The highest BCUT2D eigenvalue weighted by molar-refractivity contribution is 5.69. The Labute approximate surface area is 104 Å². The number of likely N-dealkylation sites (tertiary alicyclic amines) is 1. The number of carbonyl (C=O) groups is 1. The highest BCUT2D eigenvalue weighted by Crippen LogP contribution is 2.48. The smallest absolute Gasteiger partial charge is 0.410 e. The molecule has 2 aliphatic heterocycles. The van der Waals surface area contributed by atoms with Gasteiger partial charge in [0.2, 0.25) is 0 Å². The van der Waals surface area contributed by atoms with E-state index in [4.69, 9.17) is 4.74 Å². The standard InChI is InChI=1S/C13H24N2O2/c1-11(2,3)17-10(16)15-8-12(4)6-14-7-13(12,5)9-15/h14H,6-9H2,1-5H3. The molecule has 4 nitrogen and oxygen atoms in total. The molecule has 0 aromatic carbocycles. The molecule has 4 heteroatoms. The minimum atomic E-state index is -0.408. The molecule has 17 heavy (non-hydrogen) atoms. The van der Waals surface area contributed by atoms with E-state index in [9.17, 15) is 4.79 Å². The zero-order valence-corrected chi connectivity index (χ0v) is 11.6. The van der Waals surface area contributed by atoms with Crippen molar-refractivity contribution in [1.29, 1.82) is 0 Å². The van der Waals surface area contributed by atoms with Crippen LogP contribution in [0.2, 0.25) is 0 Å². The van der Waals surface area contributed by atoms with Crippen LogP contribution in [-0.2, 0) is 4.74 Å². The fourth-order valence-corrected chi connectivity index (χ4v) is 2.89. The minimum absolute atomic E-state index is 0.172. The van der Waals surface area contributed by atoms with Gasteiger partial charge in [-0.05, 0) is 20.8 Å². The predicted octanol–water partition coefficient (Wildman–Crippen LogP) is 1.85. The van der Waals surface area contributed by atoms with Crippen LogP contribution in [0.5, 0.6) is 0 Å². The van der Waals surface area contributed by atoms with Gasteiger partial charge in [0.25, 0.3) is 0 Å². The first-order valence-electron chi connectivity index (χ1n) is 6.34. The molecule has 2 rings (SSSR count). The first-order valence-corrected chi connectivity index (χ1v) is 6.34. The van der Waals surface area contributed by atoms with Crippen LogP contribution in [-0.4, -0.2) is 42.8 Å². The molecule has 2 saturated heterocycles. The summed E-state index contributed by atoms with van der Waals surface area (Å²) >= 11 is 0. The topological polar surface area (TPSA) is 41.6 Å². The molecule has 98 valence electrons. The third kappa shape index (κ3) is 2.15. The number of nitrogens with zero attached hydrogens (tertiary/aromatic N) is 1. The van der Waals surface area contributed by atoms with Crippen LogP contribution in [0.15, 0.2) is 0 Å². The Balaban J connectivity index is 2.06. The SMILES string of the molecule is CC(C)(C)OC(=O)N1CC2(C)CNCC2(C)C1. The maximum absolute atomic E-state index is 12.1. The summed E-state index contributed by atoms with van der Waals surface area (Å²) in [6.07, 6.45) is -0.172. The first-order chi connectivity index (χ1) is 7.65. The molecule has 2 atom stereocenters. The van der Waals surface area contributed by atoms with E-state index >= 15 is 0 Å². The summed E-state index contributed by atoms with van der Waals surface area (Å²) < 4.78 is 5.44. The minimum Gasteiger partial charge on any atom is -0.444 e. The highest BCUT2D eigenvalue weighted by Gasteiger charge is 2.56. The van der Waals surface area contributed by atoms with Gasteiger partial charge in [-0.15, -0.1) is 0 Å². The van der Waals surface area contributed by atoms with Gasteiger partial charge in [-0.2, -0.15) is 0 Å². The zero-order chi connectivity index (χ0) is 12.9. The molecule has 1 amide bonds. The second kappa shape index (κ2) is 3.61. The van der Waals surface area contributed by atoms with Crippen molar-refractivity contribution in [2.45, 2.75) is 40.2 Å². The second-order valence-electron chi connectivity index (χ2n) is 7.06. The van der Waals surface area contributed by atoms with E-state index in [1.807, 2.05) is 25.7 Å². The van der Waals surface area contributed by atoms with Crippen molar-refractivity contribution in [3.63, 3.8) is 0 Å². The lowest BCUT2D eigenvalue weighted by Crippen LogP contribution is -2.38. The quantitative estimate of drug-likeness (QED) is 0.702. The molecule has 0 bridgehead atoms. The monoisotopic (exact) mass is 240 g/mol. The number of carbonyl (C=O) groups excluding carboxylic acids is 1. The van der Waals surface area contributed by atoms with Crippen molar-refractivity contribution >= 4 is 6.09 Å². The molecule has 0 aromatic rings. The fourth-order valence-electron chi connectivity index (χ4n) is 2.89. The van der Waals surface area contributed by atoms with Gasteiger partial charge >= 0.3 is 6.09 Å². The van der Waals surface area contributed by atoms with Gasteiger partial charge < -0.3 is 15.0 Å². The average molecular weight is 240 g/mol. The normalized spacial score (nSPS) is 37.1. The number of amides is 1. The Morgan fingerprint density at radius 3 is 2.06 bits per heavy atom. The molecule has 0 aromatic heterocycles. The van der Waals surface area contributed by atoms with Crippen LogP contribution in [0.4, 0.5) is 4.79 Å². The molecule has 0 saturated carbocycles. The number of nitrogens with one attached hydrogen (secondary N) is 1. The Kier molecular flexibility index (Phi) is 2.69. The number of hydrogen-bond acceptors (Lipinski definition) is 3. The summed E-state index contributed by atoms with van der Waals surface area (Å²) in [5.41, 5.74) is -0.0390. The summed E-state index contributed by atoms with van der Waals surface area (Å²) in [6.45, 7) is 13.8. The van der Waals surface area contributed by atoms with Gasteiger partial charge in [-0.3, -0.25) is 0 Å². The summed E-state index contributed by atoms with van der Waals surface area (Å²) in [5, 5.41) is 3.43. The number of ether oxygens (including phenoxy) is 1. The first kappa shape index (κ1) is 12.7. The molecule has 2 fully saturated rings. The largest absolute Gasteiger partial charge is 0.444 e. The fraction of sp³-hybridized carbons (Fsp3) is 0.923. The van der Waals surface area contributed by atoms with Gasteiger partial charge in [0.1, 0.15) is 5.60 Å². The summed E-state index contributed by atoms with van der Waals surface area (Å²) in [5.74, 6) is 0. The Morgan fingerprint density at radius 1 is 1.18 bits per heavy atom. The average Bonchev–Trinajstić information content (AvgIpc) is 2.50. The Bertz CT molecular complexity index is 319. The van der Waals surface area contributed by atoms with Crippen molar-refractivity contribution < 1.29 is 9.53 Å². The molecule has 2 aliphatic rings. The summed E-state index contributed by atoms with van der Waals surface area (Å²) in [6, 6.07) is 0. The third-order valence-electron chi connectivity index (χ3n) is 4.22. The van der Waals surface area contributed by atoms with Crippen LogP contribution in [0.3, 0.4) is 0 Å². The van der Waals surface area contributed by atoms with E-state index in [1.165, 1.54) is 0 Å². The third-order valence-corrected chi connectivity index (χ3v) is 4.22. The molecular formula is C13H24N2O2. The van der Waals surface area contributed by atoms with Crippen LogP contribution in [0, 0.1) is 10.8 Å². The van der Waals surface area contributed by atoms with Crippen LogP contribution >= 0.6 is 0 Å². The van der Waals surface area contributed by atoms with E-state index < -0.39 is 5.60 Å². The lowest BCUT2D eigenvalue weighted by atomic mass is 9.71. The number of fused-ring (bicyclic) bond motifs is 1. The van der Waals surface area contributed by atoms with E-state index in [2.05, 4.69) is 19.2 Å². The van der Waals surface area contributed by atoms with Crippen LogP contribution in [0.25, 0.3) is 0 Å². The molecule has 2 unspecified atom stereocenters. The molecule has 0 radical (unpaired) electrons. The van der Waals surface area contributed by atoms with Gasteiger partial charge in [-0.25, -0.2) is 4.79 Å². The predicted molar refractivity (Wildman–Crippen MR) is 66.9 cm³/mol. The molecule has 0 spiro atoms. The van der Waals surface area contributed by atoms with E-state index in [-0.39, 0.29) is 16.9 Å². The van der Waals surface area contributed by atoms with E-state index in [0.717, 1.165) is 26.2 Å². The van der Waals surface area contributed by atoms with E-state index in [1.54, 1.807) is 0 Å². The summed E-state index contributed by atoms with van der Waals surface area (Å²) in [7, 11) is 0. The van der Waals surface area contributed by atoms with Crippen LogP contribution < -0.4 is 5.32 Å². The van der Waals surface area contributed by atoms with Crippen LogP contribution in [0.1, 0.15) is 34.6 Å². The van der Waals surface area contributed by atoms with Gasteiger partial charge in [0.05, 0.1) is 0 Å². The molecule has 1 N–H and O–H groups in total. The Morgan fingerprint density at radius 2 is 1.65 bits per heavy atom. The van der Waals surface area contributed by atoms with Crippen molar-refractivity contribution in [2.24, 2.45) is 10.8 Å². The maximum Gasteiger partial charge on any atom is 0.410 e. The number of hydrogen-bond donors (Lipinski definition) is 1. The highest BCUT2D eigenvalue weighted by atomic mass is 16.6. The summed E-state index contributed by atoms with van der Waals surface area (Å²) in [4.78, 5) is 13.9. The zero-order valence-electron chi connectivity index (χ0n) is 11.6. The van der Waals surface area contributed by atoms with Gasteiger partial charge in [-0.1, -0.05) is 13.8 Å². The second-order valence-corrected chi connectivity index (χ2v) is 7.06. The van der Waals surface area contributed by atoms with Gasteiger partial charge in [0, 0.05) is 37.0 Å². The number of rotatable bonds is 0. The van der Waals surface area contributed by atoms with Crippen molar-refractivity contribution in [2.75, 3.05) is 26.2 Å². The maximum atomic E-state index is 12.1. The van der Waals surface area contributed by atoms with Crippen molar-refractivity contribution in [3.8, 4) is 0 Å². The Hall–Kier alpha value is -0.770. The van der Waals surface area contributed by atoms with Crippen molar-refractivity contribution in [3.05, 3.63) is 0 Å². The van der Waals surface area contributed by atoms with E-state index in [0.29, 0.717) is 0 Å². The van der Waals surface area contributed by atoms with Crippen molar-refractivity contribution in [1.82, 2.24) is 10.2 Å². The molecular weight excluding hydrogens is 216 g/mol. The molecule has 0 aliphatic carbocycles. The lowest BCUT2D eigenvalue weighted by molar-refractivity contribution is 0.0268. The lowest BCUT2D eigenvalue weighted by Gasteiger charge is -2.30. The van der Waals surface area contributed by atoms with Gasteiger partial charge in [0.15, 0.2) is 0 Å².